The summed E-state index contributed by atoms with van der Waals surface area (Å²) in [6.45, 7) is 0. The molecular formula is AlCrFeTi. The van der Waals surface area contributed by atoms with Crippen LogP contribution in [0.15, 0.2) is 0 Å². The minimum Gasteiger partial charge on any atom is 0 e. The van der Waals surface area contributed by atoms with E-state index >= 15 is 0 Å². The summed E-state index contributed by atoms with van der Waals surface area (Å²) in [4.78, 5) is 0. The molecule has 0 aliphatic carbocycles. The van der Waals surface area contributed by atoms with Crippen LogP contribution in [0, 0.1) is 0 Å². The molecule has 0 aromatic heterocycles. The van der Waals surface area contributed by atoms with Gasteiger partial charge in [-0.2, -0.15) is 0 Å². The Balaban J connectivity index is 0. The molecule has 0 spiro atoms. The first-order valence-electron chi connectivity index (χ1n) is 0. The fraction of sp³-hybridized carbons (Fsp3) is 0. The van der Waals surface area contributed by atoms with E-state index in [0.29, 0.717) is 0 Å². The summed E-state index contributed by atoms with van der Waals surface area (Å²) in [7, 11) is 0. The number of rotatable bonds is 0. The third-order valence-corrected chi connectivity index (χ3v) is 0. The molecule has 0 bridgehead atoms. The molecule has 0 aliphatic heterocycles. The Kier molecular flexibility index (Phi) is 155. The first-order valence-corrected chi connectivity index (χ1v) is 0. The minimum absolute atomic E-state index is 0. The van der Waals surface area contributed by atoms with Gasteiger partial charge in [0.25, 0.3) is 0 Å². The molecule has 0 amide bonds. The van der Waals surface area contributed by atoms with Gasteiger partial charge in [0, 0.05) is 73.5 Å². The molecular weight excluding hydrogens is 183 g/mol. The smallest absolute Gasteiger partial charge is 0 e. The summed E-state index contributed by atoms with van der Waals surface area (Å²) >= 11 is 0. The van der Waals surface area contributed by atoms with Crippen molar-refractivity contribution >= 4 is 17.4 Å². The molecule has 0 aliphatic rings. The Hall–Kier alpha value is 2.30. The summed E-state index contributed by atoms with van der Waals surface area (Å²) in [5, 5.41) is 0. The summed E-state index contributed by atoms with van der Waals surface area (Å²) in [5.41, 5.74) is 0. The molecule has 0 rings (SSSR count). The van der Waals surface area contributed by atoms with Crippen LogP contribution in [0.1, 0.15) is 0 Å². The van der Waals surface area contributed by atoms with Crippen molar-refractivity contribution in [2.75, 3.05) is 0 Å². The second kappa shape index (κ2) is 18.5. The zero-order chi connectivity index (χ0) is 0. The van der Waals surface area contributed by atoms with Gasteiger partial charge < -0.3 is 0 Å². The SMILES string of the molecule is [Al].[Cr].[Fe].[Ti]. The summed E-state index contributed by atoms with van der Waals surface area (Å²) in [6, 6.07) is 0. The van der Waals surface area contributed by atoms with Crippen molar-refractivity contribution in [3.05, 3.63) is 0 Å². The van der Waals surface area contributed by atoms with Gasteiger partial charge in [-0.1, -0.05) is 0 Å². The van der Waals surface area contributed by atoms with Crippen LogP contribution >= 0.6 is 0 Å². The number of hydrogen-bond acceptors (Lipinski definition) is 0. The zero-order valence-corrected chi connectivity index (χ0v) is 6.93. The Bertz CT molecular complexity index is 8.00. The molecule has 0 heterocycles. The van der Waals surface area contributed by atoms with Gasteiger partial charge in [0.2, 0.25) is 0 Å². The average molecular weight is 183 g/mol. The molecule has 4 heavy (non-hydrogen) atoms. The molecule has 0 atom stereocenters. The Morgan fingerprint density at radius 1 is 1.00 bits per heavy atom. The normalized spacial score (nSPS) is 0. The van der Waals surface area contributed by atoms with Crippen molar-refractivity contribution < 1.29 is 56.1 Å². The molecule has 3 radical (unpaired) electrons. The fourth-order valence-corrected chi connectivity index (χ4v) is 0. The first-order chi connectivity index (χ1) is 0. The molecule has 0 fully saturated rings. The Labute approximate surface area is 72.7 Å². The second-order valence-corrected chi connectivity index (χ2v) is 0. The number of hydrogen-bond donors (Lipinski definition) is 0. The van der Waals surface area contributed by atoms with E-state index in [9.17, 15) is 0 Å². The quantitative estimate of drug-likeness (QED) is 0.448. The predicted octanol–water partition coefficient (Wildman–Crippen LogP) is -0.388. The summed E-state index contributed by atoms with van der Waals surface area (Å²) < 4.78 is 0. The van der Waals surface area contributed by atoms with Crippen LogP contribution in [0.4, 0.5) is 0 Å². The Morgan fingerprint density at radius 3 is 1.00 bits per heavy atom. The third-order valence-electron chi connectivity index (χ3n) is 0. The molecule has 4 heteroatoms. The van der Waals surface area contributed by atoms with Crippen molar-refractivity contribution in [1.29, 1.82) is 0 Å². The average Bonchev–Trinajstić information content (AvgIpc) is 0. The van der Waals surface area contributed by atoms with Crippen LogP contribution in [-0.2, 0) is 56.1 Å². The van der Waals surface area contributed by atoms with Crippen LogP contribution < -0.4 is 0 Å². The molecule has 0 saturated carbocycles. The van der Waals surface area contributed by atoms with Crippen LogP contribution in [-0.4, -0.2) is 17.4 Å². The van der Waals surface area contributed by atoms with Gasteiger partial charge in [-0.15, -0.1) is 0 Å². The molecule has 0 unspecified atom stereocenters. The van der Waals surface area contributed by atoms with E-state index in [4.69, 9.17) is 0 Å². The monoisotopic (exact) mass is 183 g/mol. The van der Waals surface area contributed by atoms with Crippen molar-refractivity contribution in [2.45, 2.75) is 0 Å². The molecule has 0 aromatic carbocycles. The van der Waals surface area contributed by atoms with Gasteiger partial charge in [-0.05, 0) is 0 Å². The van der Waals surface area contributed by atoms with Crippen LogP contribution in [0.25, 0.3) is 0 Å². The van der Waals surface area contributed by atoms with Crippen molar-refractivity contribution in [2.24, 2.45) is 0 Å². The molecule has 21 valence electrons. The van der Waals surface area contributed by atoms with Crippen LogP contribution in [0.2, 0.25) is 0 Å². The molecule has 0 N–H and O–H groups in total. The van der Waals surface area contributed by atoms with E-state index in [1.807, 2.05) is 0 Å². The van der Waals surface area contributed by atoms with E-state index < -0.39 is 0 Å². The zero-order valence-electron chi connectivity index (χ0n) is 1.84. The molecule has 0 aromatic rings. The van der Waals surface area contributed by atoms with Crippen molar-refractivity contribution in [1.82, 2.24) is 0 Å². The van der Waals surface area contributed by atoms with Gasteiger partial charge in [-0.3, -0.25) is 0 Å². The third kappa shape index (κ3) is 8.85. The van der Waals surface area contributed by atoms with E-state index in [1.54, 1.807) is 0 Å². The van der Waals surface area contributed by atoms with Crippen molar-refractivity contribution in [3.8, 4) is 0 Å². The maximum atomic E-state index is 0. The van der Waals surface area contributed by atoms with Gasteiger partial charge in [0.1, 0.15) is 0 Å². The first kappa shape index (κ1) is 33.5. The fourth-order valence-electron chi connectivity index (χ4n) is 0. The maximum Gasteiger partial charge on any atom is 0 e. The van der Waals surface area contributed by atoms with E-state index in [-0.39, 0.29) is 73.5 Å². The molecule has 0 saturated heterocycles. The minimum atomic E-state index is 0. The topological polar surface area (TPSA) is 0 Å². The predicted molar refractivity (Wildman–Crippen MR) is 5.75 cm³/mol. The van der Waals surface area contributed by atoms with Crippen molar-refractivity contribution in [3.63, 3.8) is 0 Å². The standard InChI is InChI=1S/Al.Cr.Fe.Ti. The van der Waals surface area contributed by atoms with Crippen LogP contribution in [0.3, 0.4) is 0 Å². The van der Waals surface area contributed by atoms with Crippen LogP contribution in [0.5, 0.6) is 0 Å². The molecule has 0 nitrogen and oxygen atoms in total. The van der Waals surface area contributed by atoms with Gasteiger partial charge in [0.05, 0.1) is 0 Å². The van der Waals surface area contributed by atoms with Gasteiger partial charge >= 0.3 is 0 Å². The van der Waals surface area contributed by atoms with Gasteiger partial charge in [-0.25, -0.2) is 0 Å². The Morgan fingerprint density at radius 2 is 1.00 bits per heavy atom. The van der Waals surface area contributed by atoms with E-state index in [1.165, 1.54) is 0 Å². The largest absolute Gasteiger partial charge is 0 e. The maximum absolute atomic E-state index is 0. The summed E-state index contributed by atoms with van der Waals surface area (Å²) in [6.07, 6.45) is 0. The second-order valence-electron chi connectivity index (χ2n) is 0. The van der Waals surface area contributed by atoms with Gasteiger partial charge in [0.15, 0.2) is 0 Å². The van der Waals surface area contributed by atoms with E-state index in [2.05, 4.69) is 0 Å². The van der Waals surface area contributed by atoms with E-state index in [0.717, 1.165) is 0 Å². The summed E-state index contributed by atoms with van der Waals surface area (Å²) in [5.74, 6) is 0.